The fourth-order valence-electron chi connectivity index (χ4n) is 6.31. The fraction of sp³-hybridized carbons (Fsp3) is 0.905. The molecule has 0 radical (unpaired) electrons. The molecule has 0 heterocycles. The summed E-state index contributed by atoms with van der Waals surface area (Å²) in [6.45, 7) is 3.69. The first-order valence-electron chi connectivity index (χ1n) is 21.5. The molecule has 302 valence electrons. The van der Waals surface area contributed by atoms with Gasteiger partial charge in [-0.05, 0) is 38.5 Å². The number of hydrogen-bond donors (Lipinski definition) is 2. The second kappa shape index (κ2) is 38.5. The fourth-order valence-corrected chi connectivity index (χ4v) is 6.67. The number of phosphoric ester groups is 1. The minimum absolute atomic E-state index is 0.216. The van der Waals surface area contributed by atoms with Gasteiger partial charge < -0.3 is 19.3 Å². The smallest absolute Gasteiger partial charge is 0.462 e. The summed E-state index contributed by atoms with van der Waals surface area (Å²) in [4.78, 5) is 42.8. The van der Waals surface area contributed by atoms with Crippen molar-refractivity contribution in [1.82, 2.24) is 0 Å². The SMILES string of the molecule is CCCCCC/C=C/CCCCCCCC(=O)OC[C@H](COP(=O)(O)O)OC(=O)CCCCCCCCCCCCCCCCCCCCCC. The van der Waals surface area contributed by atoms with Gasteiger partial charge in [0.15, 0.2) is 6.10 Å². The van der Waals surface area contributed by atoms with E-state index in [1.165, 1.54) is 141 Å². The highest BCUT2D eigenvalue weighted by molar-refractivity contribution is 7.46. The van der Waals surface area contributed by atoms with Crippen LogP contribution in [0.3, 0.4) is 0 Å². The zero-order chi connectivity index (χ0) is 37.5. The van der Waals surface area contributed by atoms with E-state index in [4.69, 9.17) is 19.3 Å². The first-order chi connectivity index (χ1) is 24.8. The first kappa shape index (κ1) is 49.8. The molecule has 0 aromatic rings. The lowest BCUT2D eigenvalue weighted by Gasteiger charge is -2.18. The van der Waals surface area contributed by atoms with Gasteiger partial charge >= 0.3 is 19.8 Å². The van der Waals surface area contributed by atoms with Crippen molar-refractivity contribution in [2.24, 2.45) is 0 Å². The Hall–Kier alpha value is -1.21. The van der Waals surface area contributed by atoms with Crippen LogP contribution in [-0.4, -0.2) is 41.0 Å². The number of esters is 2. The van der Waals surface area contributed by atoms with E-state index in [9.17, 15) is 14.2 Å². The van der Waals surface area contributed by atoms with Crippen LogP contribution < -0.4 is 0 Å². The van der Waals surface area contributed by atoms with Gasteiger partial charge in [0, 0.05) is 12.8 Å². The van der Waals surface area contributed by atoms with Crippen molar-refractivity contribution in [3.8, 4) is 0 Å². The van der Waals surface area contributed by atoms with E-state index < -0.39 is 32.5 Å². The molecule has 0 aromatic heterocycles. The second-order valence-corrected chi connectivity index (χ2v) is 15.9. The molecule has 0 aliphatic rings. The molecular weight excluding hydrogens is 663 g/mol. The van der Waals surface area contributed by atoms with E-state index >= 15 is 0 Å². The van der Waals surface area contributed by atoms with Gasteiger partial charge in [0.25, 0.3) is 0 Å². The molecule has 9 heteroatoms. The summed E-state index contributed by atoms with van der Waals surface area (Å²) in [5.41, 5.74) is 0. The highest BCUT2D eigenvalue weighted by Crippen LogP contribution is 2.36. The maximum atomic E-state index is 12.4. The molecule has 0 aromatic carbocycles. The predicted molar refractivity (Wildman–Crippen MR) is 212 cm³/mol. The second-order valence-electron chi connectivity index (χ2n) is 14.7. The molecule has 0 saturated carbocycles. The van der Waals surface area contributed by atoms with E-state index in [0.717, 1.165) is 51.4 Å². The number of hydrogen-bond acceptors (Lipinski definition) is 6. The molecule has 0 unspecified atom stereocenters. The Labute approximate surface area is 314 Å². The van der Waals surface area contributed by atoms with Crippen molar-refractivity contribution in [3.63, 3.8) is 0 Å². The number of unbranched alkanes of at least 4 members (excludes halogenated alkanes) is 28. The van der Waals surface area contributed by atoms with Crippen LogP contribution in [0.2, 0.25) is 0 Å². The van der Waals surface area contributed by atoms with Crippen molar-refractivity contribution in [2.45, 2.75) is 232 Å². The summed E-state index contributed by atoms with van der Waals surface area (Å²) in [7, 11) is -4.75. The summed E-state index contributed by atoms with van der Waals surface area (Å²) in [6, 6.07) is 0. The third kappa shape index (κ3) is 41.4. The van der Waals surface area contributed by atoms with Gasteiger partial charge in [0.05, 0.1) is 6.61 Å². The van der Waals surface area contributed by atoms with Gasteiger partial charge in [-0.1, -0.05) is 187 Å². The molecule has 0 spiro atoms. The Morgan fingerprint density at radius 2 is 0.824 bits per heavy atom. The van der Waals surface area contributed by atoms with Crippen molar-refractivity contribution >= 4 is 19.8 Å². The molecule has 8 nitrogen and oxygen atoms in total. The zero-order valence-corrected chi connectivity index (χ0v) is 34.2. The minimum atomic E-state index is -4.75. The summed E-state index contributed by atoms with van der Waals surface area (Å²) < 4.78 is 26.4. The van der Waals surface area contributed by atoms with Gasteiger partial charge in [-0.15, -0.1) is 0 Å². The number of ether oxygens (including phenoxy) is 2. The van der Waals surface area contributed by atoms with E-state index in [-0.39, 0.29) is 19.4 Å². The molecule has 0 fully saturated rings. The number of phosphoric acid groups is 1. The Morgan fingerprint density at radius 3 is 1.22 bits per heavy atom. The molecule has 1 atom stereocenters. The Morgan fingerprint density at radius 1 is 0.490 bits per heavy atom. The maximum Gasteiger partial charge on any atom is 0.469 e. The lowest BCUT2D eigenvalue weighted by molar-refractivity contribution is -0.161. The summed E-state index contributed by atoms with van der Waals surface area (Å²) in [5.74, 6) is -0.883. The Balaban J connectivity index is 3.85. The van der Waals surface area contributed by atoms with Crippen LogP contribution in [0.15, 0.2) is 12.2 Å². The topological polar surface area (TPSA) is 119 Å². The van der Waals surface area contributed by atoms with Gasteiger partial charge in [0.2, 0.25) is 0 Å². The third-order valence-corrected chi connectivity index (χ3v) is 10.0. The number of allylic oxidation sites excluding steroid dienone is 2. The lowest BCUT2D eigenvalue weighted by Crippen LogP contribution is -2.29. The van der Waals surface area contributed by atoms with Crippen LogP contribution in [0, 0.1) is 0 Å². The van der Waals surface area contributed by atoms with Gasteiger partial charge in [-0.2, -0.15) is 0 Å². The highest BCUT2D eigenvalue weighted by atomic mass is 31.2. The van der Waals surface area contributed by atoms with Crippen LogP contribution in [0.4, 0.5) is 0 Å². The number of carbonyl (C=O) groups is 2. The third-order valence-electron chi connectivity index (χ3n) is 9.53. The highest BCUT2D eigenvalue weighted by Gasteiger charge is 2.22. The predicted octanol–water partition coefficient (Wildman–Crippen LogP) is 13.0. The van der Waals surface area contributed by atoms with Crippen molar-refractivity contribution in [2.75, 3.05) is 13.2 Å². The normalized spacial score (nSPS) is 12.5. The zero-order valence-electron chi connectivity index (χ0n) is 33.3. The molecule has 0 bridgehead atoms. The number of carbonyl (C=O) groups excluding carboxylic acids is 2. The molecule has 0 rings (SSSR count). The molecule has 0 amide bonds. The van der Waals surface area contributed by atoms with Gasteiger partial charge in [-0.3, -0.25) is 14.1 Å². The van der Waals surface area contributed by atoms with Crippen LogP contribution in [0.1, 0.15) is 226 Å². The van der Waals surface area contributed by atoms with Crippen molar-refractivity contribution in [1.29, 1.82) is 0 Å². The summed E-state index contributed by atoms with van der Waals surface area (Å²) in [6.07, 6.45) is 42.2. The quantitative estimate of drug-likeness (QED) is 0.0275. The van der Waals surface area contributed by atoms with E-state index in [2.05, 4.69) is 30.5 Å². The molecule has 51 heavy (non-hydrogen) atoms. The molecule has 0 aliphatic carbocycles. The first-order valence-corrected chi connectivity index (χ1v) is 23.0. The summed E-state index contributed by atoms with van der Waals surface area (Å²) >= 11 is 0. The van der Waals surface area contributed by atoms with E-state index in [1.807, 2.05) is 0 Å². The molecule has 2 N–H and O–H groups in total. The Kier molecular flexibility index (Phi) is 37.6. The van der Waals surface area contributed by atoms with E-state index in [1.54, 1.807) is 0 Å². The van der Waals surface area contributed by atoms with Crippen LogP contribution in [-0.2, 0) is 28.2 Å². The van der Waals surface area contributed by atoms with Crippen LogP contribution in [0.25, 0.3) is 0 Å². The van der Waals surface area contributed by atoms with Crippen molar-refractivity contribution in [3.05, 3.63) is 12.2 Å². The molecular formula is C42H81O8P. The van der Waals surface area contributed by atoms with Crippen molar-refractivity contribution < 1.29 is 37.9 Å². The molecule has 0 saturated heterocycles. The monoisotopic (exact) mass is 745 g/mol. The number of rotatable bonds is 40. The largest absolute Gasteiger partial charge is 0.469 e. The molecule has 0 aliphatic heterocycles. The summed E-state index contributed by atoms with van der Waals surface area (Å²) in [5, 5.41) is 0. The average Bonchev–Trinajstić information content (AvgIpc) is 3.10. The standard InChI is InChI=1S/C42H81O8P/c1-3-5-7-9-11-13-15-17-18-19-20-21-22-23-25-27-29-31-33-35-37-42(44)50-40(39-49-51(45,46)47)38-48-41(43)36-34-32-30-28-26-24-16-14-12-10-8-6-4-2/h14,16,40H,3-13,15,17-39H2,1-2H3,(H2,45,46,47)/b16-14+/t40-/m1/s1. The maximum absolute atomic E-state index is 12.4. The van der Waals surface area contributed by atoms with E-state index in [0.29, 0.717) is 6.42 Å². The van der Waals surface area contributed by atoms with Crippen LogP contribution >= 0.6 is 7.82 Å². The Bertz CT molecular complexity index is 843. The van der Waals surface area contributed by atoms with Crippen LogP contribution in [0.5, 0.6) is 0 Å². The average molecular weight is 745 g/mol. The minimum Gasteiger partial charge on any atom is -0.462 e. The lowest BCUT2D eigenvalue weighted by atomic mass is 10.0. The van der Waals surface area contributed by atoms with Gasteiger partial charge in [0.1, 0.15) is 6.61 Å². The van der Waals surface area contributed by atoms with Gasteiger partial charge in [-0.25, -0.2) is 4.57 Å².